The number of carbonyl (C=O) groups is 1. The number of rotatable bonds is 2. The molecular formula is C9H8F2O. The second kappa shape index (κ2) is 3.43. The summed E-state index contributed by atoms with van der Waals surface area (Å²) in [4.78, 5) is 10.3. The van der Waals surface area contributed by atoms with Crippen molar-refractivity contribution in [3.63, 3.8) is 0 Å². The second-order valence-electron chi connectivity index (χ2n) is 2.63. The van der Waals surface area contributed by atoms with Gasteiger partial charge in [0, 0.05) is 12.0 Å². The van der Waals surface area contributed by atoms with E-state index in [0.717, 1.165) is 18.2 Å². The van der Waals surface area contributed by atoms with Gasteiger partial charge < -0.3 is 4.79 Å². The van der Waals surface area contributed by atoms with E-state index in [0.29, 0.717) is 11.8 Å². The van der Waals surface area contributed by atoms with Gasteiger partial charge in [0.15, 0.2) is 0 Å². The third kappa shape index (κ3) is 1.87. The van der Waals surface area contributed by atoms with Gasteiger partial charge in [-0.1, -0.05) is 6.92 Å². The van der Waals surface area contributed by atoms with E-state index in [2.05, 4.69) is 0 Å². The molecule has 0 radical (unpaired) electrons. The van der Waals surface area contributed by atoms with Crippen LogP contribution in [0, 0.1) is 11.6 Å². The molecule has 0 unspecified atom stereocenters. The topological polar surface area (TPSA) is 17.1 Å². The summed E-state index contributed by atoms with van der Waals surface area (Å²) >= 11 is 0. The lowest BCUT2D eigenvalue weighted by Gasteiger charge is -2.03. The van der Waals surface area contributed by atoms with Crippen LogP contribution in [0.5, 0.6) is 0 Å². The molecule has 0 saturated carbocycles. The van der Waals surface area contributed by atoms with Crippen molar-refractivity contribution < 1.29 is 13.6 Å². The Balaban J connectivity index is 3.08. The summed E-state index contributed by atoms with van der Waals surface area (Å²) in [5.41, 5.74) is 0.363. The average molecular weight is 170 g/mol. The molecule has 3 heteroatoms. The van der Waals surface area contributed by atoms with Crippen LogP contribution in [-0.2, 0) is 4.79 Å². The van der Waals surface area contributed by atoms with Gasteiger partial charge in [0.1, 0.15) is 17.9 Å². The fourth-order valence-electron chi connectivity index (χ4n) is 0.917. The fraction of sp³-hybridized carbons (Fsp3) is 0.222. The zero-order valence-electron chi connectivity index (χ0n) is 6.55. The zero-order valence-corrected chi connectivity index (χ0v) is 6.55. The van der Waals surface area contributed by atoms with Crippen LogP contribution in [-0.4, -0.2) is 6.29 Å². The van der Waals surface area contributed by atoms with Gasteiger partial charge in [-0.15, -0.1) is 0 Å². The van der Waals surface area contributed by atoms with Gasteiger partial charge in [-0.25, -0.2) is 8.78 Å². The SMILES string of the molecule is C[C@H](C=O)c1cc(F)cc(F)c1. The van der Waals surface area contributed by atoms with Crippen molar-refractivity contribution in [1.82, 2.24) is 0 Å². The summed E-state index contributed by atoms with van der Waals surface area (Å²) in [6.45, 7) is 1.58. The molecule has 0 aliphatic rings. The molecule has 0 aliphatic heterocycles. The van der Waals surface area contributed by atoms with Gasteiger partial charge in [-0.2, -0.15) is 0 Å². The molecule has 0 fully saturated rings. The largest absolute Gasteiger partial charge is 0.303 e. The number of hydrogen-bond donors (Lipinski definition) is 0. The first-order chi connectivity index (χ1) is 5.63. The van der Waals surface area contributed by atoms with E-state index in [9.17, 15) is 13.6 Å². The molecule has 1 atom stereocenters. The molecule has 1 nitrogen and oxygen atoms in total. The van der Waals surface area contributed by atoms with Crippen LogP contribution >= 0.6 is 0 Å². The summed E-state index contributed by atoms with van der Waals surface area (Å²) in [6, 6.07) is 3.09. The standard InChI is InChI=1S/C9H8F2O/c1-6(5-12)7-2-8(10)4-9(11)3-7/h2-6H,1H3/t6-/m1/s1. The molecule has 0 aromatic heterocycles. The van der Waals surface area contributed by atoms with Gasteiger partial charge in [-0.05, 0) is 17.7 Å². The minimum Gasteiger partial charge on any atom is -0.303 e. The zero-order chi connectivity index (χ0) is 9.14. The minimum atomic E-state index is -0.654. The molecule has 0 aliphatic carbocycles. The summed E-state index contributed by atoms with van der Waals surface area (Å²) in [5, 5.41) is 0. The predicted molar refractivity (Wildman–Crippen MR) is 40.8 cm³/mol. The monoisotopic (exact) mass is 170 g/mol. The van der Waals surface area contributed by atoms with Gasteiger partial charge in [0.25, 0.3) is 0 Å². The molecule has 0 saturated heterocycles. The predicted octanol–water partition coefficient (Wildman–Crippen LogP) is 2.27. The third-order valence-electron chi connectivity index (χ3n) is 1.61. The Kier molecular flexibility index (Phi) is 2.53. The van der Waals surface area contributed by atoms with Crippen molar-refractivity contribution >= 4 is 6.29 Å². The number of halogens is 2. The van der Waals surface area contributed by atoms with E-state index < -0.39 is 17.6 Å². The quantitative estimate of drug-likeness (QED) is 0.622. The van der Waals surface area contributed by atoms with Crippen molar-refractivity contribution in [2.75, 3.05) is 0 Å². The molecule has 0 amide bonds. The Labute approximate surface area is 69.0 Å². The molecule has 0 heterocycles. The van der Waals surface area contributed by atoms with Gasteiger partial charge in [0.05, 0.1) is 0 Å². The lowest BCUT2D eigenvalue weighted by Crippen LogP contribution is -1.96. The maximum atomic E-state index is 12.6. The molecule has 0 N–H and O–H groups in total. The molecule has 1 aromatic rings. The number of benzene rings is 1. The summed E-state index contributed by atoms with van der Waals surface area (Å²) in [5.74, 6) is -1.77. The summed E-state index contributed by atoms with van der Waals surface area (Å²) in [6.07, 6.45) is 0.647. The highest BCUT2D eigenvalue weighted by Gasteiger charge is 2.06. The molecular weight excluding hydrogens is 162 g/mol. The van der Waals surface area contributed by atoms with Crippen LogP contribution < -0.4 is 0 Å². The minimum absolute atomic E-state index is 0.363. The van der Waals surface area contributed by atoms with Gasteiger partial charge in [-0.3, -0.25) is 0 Å². The lowest BCUT2D eigenvalue weighted by atomic mass is 10.0. The Hall–Kier alpha value is -1.25. The molecule has 1 aromatic carbocycles. The van der Waals surface area contributed by atoms with Crippen LogP contribution in [0.2, 0.25) is 0 Å². The highest BCUT2D eigenvalue weighted by molar-refractivity contribution is 5.61. The summed E-state index contributed by atoms with van der Waals surface area (Å²) < 4.78 is 25.1. The van der Waals surface area contributed by atoms with Crippen molar-refractivity contribution in [3.8, 4) is 0 Å². The van der Waals surface area contributed by atoms with Crippen LogP contribution in [0.1, 0.15) is 18.4 Å². The van der Waals surface area contributed by atoms with Crippen molar-refractivity contribution in [3.05, 3.63) is 35.4 Å². The number of hydrogen-bond acceptors (Lipinski definition) is 1. The Morgan fingerprint density at radius 2 is 1.75 bits per heavy atom. The highest BCUT2D eigenvalue weighted by Crippen LogP contribution is 2.15. The molecule has 0 spiro atoms. The number of carbonyl (C=O) groups excluding carboxylic acids is 1. The summed E-state index contributed by atoms with van der Waals surface area (Å²) in [7, 11) is 0. The molecule has 64 valence electrons. The van der Waals surface area contributed by atoms with E-state index in [4.69, 9.17) is 0 Å². The smallest absolute Gasteiger partial charge is 0.127 e. The van der Waals surface area contributed by atoms with E-state index in [1.165, 1.54) is 0 Å². The fourth-order valence-corrected chi connectivity index (χ4v) is 0.917. The molecule has 0 bridgehead atoms. The van der Waals surface area contributed by atoms with Crippen molar-refractivity contribution in [1.29, 1.82) is 0 Å². The highest BCUT2D eigenvalue weighted by atomic mass is 19.1. The Morgan fingerprint density at radius 3 is 2.17 bits per heavy atom. The van der Waals surface area contributed by atoms with Crippen LogP contribution in [0.4, 0.5) is 8.78 Å². The Bertz CT molecular complexity index is 276. The van der Waals surface area contributed by atoms with Crippen molar-refractivity contribution in [2.24, 2.45) is 0 Å². The van der Waals surface area contributed by atoms with Crippen LogP contribution in [0.25, 0.3) is 0 Å². The Morgan fingerprint density at radius 1 is 1.25 bits per heavy atom. The maximum absolute atomic E-state index is 12.6. The molecule has 1 rings (SSSR count). The first kappa shape index (κ1) is 8.84. The third-order valence-corrected chi connectivity index (χ3v) is 1.61. The normalized spacial score (nSPS) is 12.6. The van der Waals surface area contributed by atoms with E-state index in [1.54, 1.807) is 6.92 Å². The van der Waals surface area contributed by atoms with Crippen molar-refractivity contribution in [2.45, 2.75) is 12.8 Å². The van der Waals surface area contributed by atoms with E-state index in [-0.39, 0.29) is 0 Å². The van der Waals surface area contributed by atoms with Crippen LogP contribution in [0.3, 0.4) is 0 Å². The number of aldehydes is 1. The lowest BCUT2D eigenvalue weighted by molar-refractivity contribution is -0.108. The van der Waals surface area contributed by atoms with Gasteiger partial charge >= 0.3 is 0 Å². The maximum Gasteiger partial charge on any atom is 0.127 e. The first-order valence-corrected chi connectivity index (χ1v) is 3.55. The molecule has 12 heavy (non-hydrogen) atoms. The van der Waals surface area contributed by atoms with E-state index in [1.807, 2.05) is 0 Å². The first-order valence-electron chi connectivity index (χ1n) is 3.55. The van der Waals surface area contributed by atoms with Gasteiger partial charge in [0.2, 0.25) is 0 Å². The van der Waals surface area contributed by atoms with Crippen LogP contribution in [0.15, 0.2) is 18.2 Å². The van der Waals surface area contributed by atoms with E-state index >= 15 is 0 Å². The second-order valence-corrected chi connectivity index (χ2v) is 2.63. The average Bonchev–Trinajstić information content (AvgIpc) is 2.01.